The summed E-state index contributed by atoms with van der Waals surface area (Å²) in [6, 6.07) is 5.33. The molecule has 1 aromatic carbocycles. The van der Waals surface area contributed by atoms with E-state index in [1.54, 1.807) is 18.2 Å². The van der Waals surface area contributed by atoms with Crippen molar-refractivity contribution < 1.29 is 14.6 Å². The molecule has 1 fully saturated rings. The predicted molar refractivity (Wildman–Crippen MR) is 91.9 cm³/mol. The molecule has 2 atom stereocenters. The van der Waals surface area contributed by atoms with Gasteiger partial charge in [0.2, 0.25) is 0 Å². The van der Waals surface area contributed by atoms with Gasteiger partial charge in [0, 0.05) is 18.2 Å². The first-order valence-corrected chi connectivity index (χ1v) is 8.51. The van der Waals surface area contributed by atoms with E-state index in [1.807, 2.05) is 13.8 Å². The van der Waals surface area contributed by atoms with E-state index in [9.17, 15) is 9.90 Å². The van der Waals surface area contributed by atoms with Gasteiger partial charge in [-0.2, -0.15) is 0 Å². The van der Waals surface area contributed by atoms with Crippen molar-refractivity contribution >= 4 is 11.5 Å². The molecule has 1 aliphatic rings. The first-order chi connectivity index (χ1) is 11.1. The number of hydrogen-bond acceptors (Lipinski definition) is 5. The molecule has 1 heterocycles. The zero-order valence-electron chi connectivity index (χ0n) is 14.1. The van der Waals surface area contributed by atoms with Crippen LogP contribution in [0.2, 0.25) is 0 Å². The van der Waals surface area contributed by atoms with Crippen LogP contribution in [-0.2, 0) is 0 Å². The lowest BCUT2D eigenvalue weighted by Gasteiger charge is -2.39. The fourth-order valence-corrected chi connectivity index (χ4v) is 3.37. The minimum atomic E-state index is -0.204. The number of ketones is 1. The van der Waals surface area contributed by atoms with Gasteiger partial charge in [-0.05, 0) is 57.9 Å². The Bertz CT molecular complexity index is 531. The van der Waals surface area contributed by atoms with Gasteiger partial charge < -0.3 is 15.6 Å². The molecular weight excluding hydrogens is 292 g/mol. The maximum Gasteiger partial charge on any atom is 0.179 e. The van der Waals surface area contributed by atoms with Crippen molar-refractivity contribution in [2.45, 2.75) is 51.6 Å². The quantitative estimate of drug-likeness (QED) is 0.596. The monoisotopic (exact) mass is 320 g/mol. The number of rotatable bonds is 7. The zero-order valence-corrected chi connectivity index (χ0v) is 14.1. The van der Waals surface area contributed by atoms with Crippen LogP contribution in [0.4, 0.5) is 5.69 Å². The number of aliphatic hydroxyl groups is 1. The van der Waals surface area contributed by atoms with Crippen LogP contribution in [-0.4, -0.2) is 47.6 Å². The summed E-state index contributed by atoms with van der Waals surface area (Å²) >= 11 is 0. The van der Waals surface area contributed by atoms with Crippen molar-refractivity contribution in [2.75, 3.05) is 25.5 Å². The fraction of sp³-hybridized carbons (Fsp3) is 0.611. The number of ether oxygens (including phenoxy) is 1. The topological polar surface area (TPSA) is 75.8 Å². The van der Waals surface area contributed by atoms with Gasteiger partial charge in [-0.25, -0.2) is 0 Å². The fourth-order valence-electron chi connectivity index (χ4n) is 3.37. The molecule has 1 aliphatic heterocycles. The van der Waals surface area contributed by atoms with Crippen LogP contribution < -0.4 is 10.5 Å². The Balaban J connectivity index is 2.13. The number of nitrogens with two attached hydrogens (primary N) is 1. The summed E-state index contributed by atoms with van der Waals surface area (Å²) in [5.41, 5.74) is 7.09. The molecular formula is C18H28N2O3. The van der Waals surface area contributed by atoms with Gasteiger partial charge in [0.25, 0.3) is 0 Å². The van der Waals surface area contributed by atoms with Gasteiger partial charge in [-0.1, -0.05) is 6.42 Å². The molecule has 128 valence electrons. The standard InChI is InChI=1S/C18H28N2O3/c1-3-23-17-8-7-14(12-16(17)19)18(22)13(2)20-10-5-4-6-15(20)9-11-21/h7-8,12-13,15,21H,3-6,9-11,19H2,1-2H3. The molecule has 2 rings (SSSR count). The third kappa shape index (κ3) is 4.24. The van der Waals surface area contributed by atoms with Crippen LogP contribution in [0.15, 0.2) is 18.2 Å². The minimum absolute atomic E-state index is 0.0737. The molecule has 23 heavy (non-hydrogen) atoms. The summed E-state index contributed by atoms with van der Waals surface area (Å²) in [6.07, 6.45) is 4.04. The van der Waals surface area contributed by atoms with Crippen molar-refractivity contribution in [1.29, 1.82) is 0 Å². The smallest absolute Gasteiger partial charge is 0.179 e. The van der Waals surface area contributed by atoms with Crippen LogP contribution in [0.1, 0.15) is 49.9 Å². The lowest BCUT2D eigenvalue weighted by molar-refractivity contribution is 0.0604. The maximum atomic E-state index is 12.8. The number of nitrogen functional groups attached to an aromatic ring is 1. The second-order valence-corrected chi connectivity index (χ2v) is 6.13. The highest BCUT2D eigenvalue weighted by molar-refractivity contribution is 6.00. The molecule has 0 aliphatic carbocycles. The highest BCUT2D eigenvalue weighted by atomic mass is 16.5. The van der Waals surface area contributed by atoms with Gasteiger partial charge in [-0.15, -0.1) is 0 Å². The Morgan fingerprint density at radius 2 is 2.26 bits per heavy atom. The normalized spacial score (nSPS) is 20.2. The van der Waals surface area contributed by atoms with Crippen molar-refractivity contribution in [3.63, 3.8) is 0 Å². The maximum absolute atomic E-state index is 12.8. The summed E-state index contributed by atoms with van der Waals surface area (Å²) in [4.78, 5) is 15.0. The van der Waals surface area contributed by atoms with E-state index in [4.69, 9.17) is 10.5 Å². The molecule has 1 aromatic rings. The van der Waals surface area contributed by atoms with Crippen molar-refractivity contribution in [3.05, 3.63) is 23.8 Å². The van der Waals surface area contributed by atoms with E-state index in [0.717, 1.165) is 32.2 Å². The highest BCUT2D eigenvalue weighted by Gasteiger charge is 2.30. The predicted octanol–water partition coefficient (Wildman–Crippen LogP) is 2.48. The number of nitrogens with zero attached hydrogens (tertiary/aromatic N) is 1. The molecule has 0 spiro atoms. The number of anilines is 1. The molecule has 0 radical (unpaired) electrons. The van der Waals surface area contributed by atoms with Crippen LogP contribution in [0.5, 0.6) is 5.75 Å². The Morgan fingerprint density at radius 1 is 1.48 bits per heavy atom. The summed E-state index contributed by atoms with van der Waals surface area (Å²) in [5, 5.41) is 9.25. The number of Topliss-reactive ketones (excluding diaryl/α,β-unsaturated/α-hetero) is 1. The molecule has 1 saturated heterocycles. The zero-order chi connectivity index (χ0) is 16.8. The van der Waals surface area contributed by atoms with E-state index in [1.165, 1.54) is 0 Å². The molecule has 0 saturated carbocycles. The Kier molecular flexibility index (Phi) is 6.42. The van der Waals surface area contributed by atoms with Crippen LogP contribution in [0, 0.1) is 0 Å². The van der Waals surface area contributed by atoms with Gasteiger partial charge in [0.1, 0.15) is 5.75 Å². The molecule has 2 unspecified atom stereocenters. The highest BCUT2D eigenvalue weighted by Crippen LogP contribution is 2.26. The van der Waals surface area contributed by atoms with Gasteiger partial charge in [0.05, 0.1) is 18.3 Å². The third-order valence-electron chi connectivity index (χ3n) is 4.61. The van der Waals surface area contributed by atoms with Crippen molar-refractivity contribution in [2.24, 2.45) is 0 Å². The molecule has 5 heteroatoms. The van der Waals surface area contributed by atoms with Crippen LogP contribution in [0.3, 0.4) is 0 Å². The second-order valence-electron chi connectivity index (χ2n) is 6.13. The number of carbonyl (C=O) groups is 1. The average molecular weight is 320 g/mol. The molecule has 0 aromatic heterocycles. The second kappa shape index (κ2) is 8.31. The number of carbonyl (C=O) groups excluding carboxylic acids is 1. The molecule has 0 bridgehead atoms. The van der Waals surface area contributed by atoms with Crippen molar-refractivity contribution in [3.8, 4) is 5.75 Å². The third-order valence-corrected chi connectivity index (χ3v) is 4.61. The first kappa shape index (κ1) is 17.8. The van der Waals surface area contributed by atoms with E-state index in [2.05, 4.69) is 4.90 Å². The van der Waals surface area contributed by atoms with Gasteiger partial charge in [0.15, 0.2) is 5.78 Å². The van der Waals surface area contributed by atoms with Crippen LogP contribution >= 0.6 is 0 Å². The van der Waals surface area contributed by atoms with Gasteiger partial charge >= 0.3 is 0 Å². The largest absolute Gasteiger partial charge is 0.492 e. The summed E-state index contributed by atoms with van der Waals surface area (Å²) in [7, 11) is 0. The molecule has 0 amide bonds. The summed E-state index contributed by atoms with van der Waals surface area (Å²) in [6.45, 7) is 5.47. The summed E-state index contributed by atoms with van der Waals surface area (Å²) in [5.74, 6) is 0.692. The lowest BCUT2D eigenvalue weighted by Crippen LogP contribution is -2.48. The lowest BCUT2D eigenvalue weighted by atomic mass is 9.94. The van der Waals surface area contributed by atoms with E-state index < -0.39 is 0 Å². The SMILES string of the molecule is CCOc1ccc(C(=O)C(C)N2CCCCC2CCO)cc1N. The number of likely N-dealkylation sites (tertiary alicyclic amines) is 1. The number of hydrogen-bond donors (Lipinski definition) is 2. The average Bonchev–Trinajstić information content (AvgIpc) is 2.56. The van der Waals surface area contributed by atoms with Crippen LogP contribution in [0.25, 0.3) is 0 Å². The minimum Gasteiger partial charge on any atom is -0.492 e. The van der Waals surface area contributed by atoms with Crippen molar-refractivity contribution in [1.82, 2.24) is 4.90 Å². The number of piperidine rings is 1. The molecule has 5 nitrogen and oxygen atoms in total. The Labute approximate surface area is 138 Å². The van der Waals surface area contributed by atoms with Gasteiger partial charge in [-0.3, -0.25) is 9.69 Å². The first-order valence-electron chi connectivity index (χ1n) is 8.51. The number of benzene rings is 1. The Hall–Kier alpha value is -1.59. The van der Waals surface area contributed by atoms with E-state index in [-0.39, 0.29) is 24.5 Å². The number of aliphatic hydroxyl groups excluding tert-OH is 1. The summed E-state index contributed by atoms with van der Waals surface area (Å²) < 4.78 is 5.42. The molecule has 3 N–H and O–H groups in total. The van der Waals surface area contributed by atoms with E-state index >= 15 is 0 Å². The Morgan fingerprint density at radius 3 is 2.91 bits per heavy atom. The van der Waals surface area contributed by atoms with E-state index in [0.29, 0.717) is 23.6 Å².